The molecule has 0 bridgehead atoms. The Hall–Kier alpha value is -0.290. The first-order chi connectivity index (χ1) is 7.74. The molecule has 2 N–H and O–H groups in total. The molecule has 16 heavy (non-hydrogen) atoms. The fourth-order valence-corrected chi connectivity index (χ4v) is 3.51. The van der Waals surface area contributed by atoms with Gasteiger partial charge < -0.3 is 0 Å². The summed E-state index contributed by atoms with van der Waals surface area (Å²) in [6, 6.07) is 0.629. The molecule has 0 rings (SSSR count). The van der Waals surface area contributed by atoms with Crippen LogP contribution in [0.4, 0.5) is 0 Å². The van der Waals surface area contributed by atoms with Gasteiger partial charge in [0.25, 0.3) is 0 Å². The number of hydrogen-bond donors (Lipinski definition) is 2. The van der Waals surface area contributed by atoms with E-state index in [-0.39, 0.29) is 21.2 Å². The molecular weight excluding hydrogens is 313 g/mol. The van der Waals surface area contributed by atoms with E-state index in [1.807, 2.05) is 6.08 Å². The van der Waals surface area contributed by atoms with Crippen LogP contribution in [0.25, 0.3) is 0 Å². The first-order valence-electron chi connectivity index (χ1n) is 5.70. The predicted octanol–water partition coefficient (Wildman–Crippen LogP) is 0.343. The van der Waals surface area contributed by atoms with E-state index < -0.39 is 0 Å². The summed E-state index contributed by atoms with van der Waals surface area (Å²) in [5, 5.41) is 12.1. The van der Waals surface area contributed by atoms with E-state index in [2.05, 4.69) is 38.2 Å². The summed E-state index contributed by atoms with van der Waals surface area (Å²) in [4.78, 5) is 0. The second-order valence-corrected chi connectivity index (χ2v) is 6.31. The first-order valence-corrected chi connectivity index (χ1v) is 8.31. The number of aliphatic hydroxyl groups excluding tert-OH is 1. The third kappa shape index (κ3) is 8.97. The molecule has 0 fully saturated rings. The molecular formula is C13H23INO-. The quantitative estimate of drug-likeness (QED) is 0.220. The van der Waals surface area contributed by atoms with Gasteiger partial charge in [-0.25, -0.2) is 0 Å². The molecule has 0 aliphatic rings. The first kappa shape index (κ1) is 15.7. The van der Waals surface area contributed by atoms with Crippen molar-refractivity contribution in [2.45, 2.75) is 39.7 Å². The van der Waals surface area contributed by atoms with E-state index in [0.717, 1.165) is 10.8 Å². The van der Waals surface area contributed by atoms with Gasteiger partial charge >= 0.3 is 110 Å². The van der Waals surface area contributed by atoms with Crippen molar-refractivity contribution in [3.63, 3.8) is 0 Å². The standard InChI is InChI=1S/C13H23INO/c1-4-8-12(3)15-11-14-13(5-2)9-6-7-10-16/h5-7,9-10,12,15-16H,4,8,11H2,1-3H3/q-1/b9-6-,10-7+,13-5+. The van der Waals surface area contributed by atoms with Crippen LogP contribution in [0.15, 0.2) is 34.1 Å². The van der Waals surface area contributed by atoms with Gasteiger partial charge in [-0.05, 0) is 0 Å². The van der Waals surface area contributed by atoms with Crippen molar-refractivity contribution in [2.24, 2.45) is 0 Å². The number of rotatable bonds is 8. The Labute approximate surface area is 110 Å². The summed E-state index contributed by atoms with van der Waals surface area (Å²) in [6.07, 6.45) is 11.3. The number of aliphatic hydroxyl groups is 1. The zero-order valence-electron chi connectivity index (χ0n) is 10.4. The van der Waals surface area contributed by atoms with Gasteiger partial charge in [-0.15, -0.1) is 0 Å². The molecule has 0 radical (unpaired) electrons. The van der Waals surface area contributed by atoms with Crippen LogP contribution in [0.5, 0.6) is 0 Å². The van der Waals surface area contributed by atoms with E-state index in [1.165, 1.54) is 16.4 Å². The zero-order chi connectivity index (χ0) is 12.2. The maximum absolute atomic E-state index is 8.51. The van der Waals surface area contributed by atoms with Gasteiger partial charge in [0.15, 0.2) is 0 Å². The van der Waals surface area contributed by atoms with E-state index in [1.54, 1.807) is 6.08 Å². The molecule has 0 spiro atoms. The number of alkyl halides is 1. The summed E-state index contributed by atoms with van der Waals surface area (Å²) in [5.74, 6) is 0. The van der Waals surface area contributed by atoms with Crippen molar-refractivity contribution in [3.05, 3.63) is 34.1 Å². The van der Waals surface area contributed by atoms with Crippen LogP contribution in [0.3, 0.4) is 0 Å². The summed E-state index contributed by atoms with van der Waals surface area (Å²) in [5.41, 5.74) is 0. The van der Waals surface area contributed by atoms with E-state index in [4.69, 9.17) is 5.11 Å². The molecule has 3 heteroatoms. The second kappa shape index (κ2) is 11.2. The van der Waals surface area contributed by atoms with Crippen molar-refractivity contribution in [3.8, 4) is 0 Å². The van der Waals surface area contributed by atoms with Crippen LogP contribution in [0, 0.1) is 0 Å². The summed E-state index contributed by atoms with van der Waals surface area (Å²) >= 11 is 0.0437. The van der Waals surface area contributed by atoms with Gasteiger partial charge in [-0.3, -0.25) is 0 Å². The van der Waals surface area contributed by atoms with Gasteiger partial charge in [-0.2, -0.15) is 0 Å². The molecule has 0 aliphatic carbocycles. The number of nitrogens with one attached hydrogen (secondary N) is 1. The Morgan fingerprint density at radius 1 is 1.44 bits per heavy atom. The van der Waals surface area contributed by atoms with Crippen molar-refractivity contribution in [2.75, 3.05) is 4.55 Å². The minimum absolute atomic E-state index is 0.0437. The third-order valence-corrected chi connectivity index (χ3v) is 4.78. The molecule has 1 unspecified atom stereocenters. The van der Waals surface area contributed by atoms with Crippen molar-refractivity contribution in [1.82, 2.24) is 5.32 Å². The van der Waals surface area contributed by atoms with Gasteiger partial charge in [-0.1, -0.05) is 0 Å². The summed E-state index contributed by atoms with van der Waals surface area (Å²) < 4.78 is 2.51. The van der Waals surface area contributed by atoms with Crippen LogP contribution >= 0.6 is 0 Å². The van der Waals surface area contributed by atoms with Gasteiger partial charge in [0, 0.05) is 0 Å². The molecule has 0 aliphatic heterocycles. The average molecular weight is 336 g/mol. The Kier molecular flexibility index (Phi) is 11.0. The van der Waals surface area contributed by atoms with Crippen LogP contribution in [0.1, 0.15) is 33.6 Å². The summed E-state index contributed by atoms with van der Waals surface area (Å²) in [7, 11) is 0. The van der Waals surface area contributed by atoms with Crippen LogP contribution in [0.2, 0.25) is 0 Å². The molecule has 0 aromatic carbocycles. The monoisotopic (exact) mass is 336 g/mol. The molecule has 0 aromatic heterocycles. The topological polar surface area (TPSA) is 32.3 Å². The van der Waals surface area contributed by atoms with Crippen molar-refractivity contribution in [1.29, 1.82) is 0 Å². The van der Waals surface area contributed by atoms with Gasteiger partial charge in [0.2, 0.25) is 0 Å². The molecule has 0 saturated heterocycles. The van der Waals surface area contributed by atoms with Crippen LogP contribution in [-0.4, -0.2) is 15.7 Å². The van der Waals surface area contributed by atoms with Gasteiger partial charge in [0.1, 0.15) is 0 Å². The summed E-state index contributed by atoms with van der Waals surface area (Å²) in [6.45, 7) is 6.53. The van der Waals surface area contributed by atoms with E-state index >= 15 is 0 Å². The van der Waals surface area contributed by atoms with Crippen molar-refractivity contribution >= 4 is 0 Å². The number of hydrogen-bond acceptors (Lipinski definition) is 2. The minimum atomic E-state index is 0.0437. The number of allylic oxidation sites excluding steroid dienone is 5. The molecule has 0 saturated carbocycles. The average Bonchev–Trinajstić information content (AvgIpc) is 2.27. The van der Waals surface area contributed by atoms with Crippen LogP contribution < -0.4 is 26.5 Å². The molecule has 2 nitrogen and oxygen atoms in total. The Bertz CT molecular complexity index is 246. The SMILES string of the molecule is C\C=C(/C=C\C=C\O)[I-]CNC(C)CCC. The Balaban J connectivity index is 3.80. The van der Waals surface area contributed by atoms with Gasteiger partial charge in [0.05, 0.1) is 0 Å². The molecule has 0 heterocycles. The fourth-order valence-electron chi connectivity index (χ4n) is 1.20. The Morgan fingerprint density at radius 2 is 2.19 bits per heavy atom. The third-order valence-electron chi connectivity index (χ3n) is 2.10. The maximum atomic E-state index is 8.51. The second-order valence-electron chi connectivity index (χ2n) is 3.54. The number of halogens is 1. The molecule has 1 atom stereocenters. The van der Waals surface area contributed by atoms with Crippen molar-refractivity contribution < 1.29 is 26.3 Å². The zero-order valence-corrected chi connectivity index (χ0v) is 12.6. The predicted molar refractivity (Wildman–Crippen MR) is 67.0 cm³/mol. The Morgan fingerprint density at radius 3 is 2.75 bits per heavy atom. The van der Waals surface area contributed by atoms with E-state index in [9.17, 15) is 0 Å². The molecule has 0 aromatic rings. The normalized spacial score (nSPS) is 15.3. The molecule has 94 valence electrons. The van der Waals surface area contributed by atoms with E-state index in [0.29, 0.717) is 6.04 Å². The molecule has 0 amide bonds. The van der Waals surface area contributed by atoms with Crippen LogP contribution in [-0.2, 0) is 0 Å². The fraction of sp³-hybridized carbons (Fsp3) is 0.538.